The van der Waals surface area contributed by atoms with Crippen molar-refractivity contribution in [2.75, 3.05) is 5.32 Å². The lowest BCUT2D eigenvalue weighted by Crippen LogP contribution is -2.49. The highest BCUT2D eigenvalue weighted by atomic mass is 35.5. The number of halogens is 3. The van der Waals surface area contributed by atoms with Gasteiger partial charge in [0.05, 0.1) is 23.2 Å². The summed E-state index contributed by atoms with van der Waals surface area (Å²) in [6.45, 7) is 0. The van der Waals surface area contributed by atoms with Crippen LogP contribution < -0.4 is 16.0 Å². The summed E-state index contributed by atoms with van der Waals surface area (Å²) in [5.41, 5.74) is 0.769. The molecule has 202 valence electrons. The number of fused-ring (bicyclic) bond motifs is 2. The minimum absolute atomic E-state index is 0.0824. The van der Waals surface area contributed by atoms with Crippen molar-refractivity contribution in [3.63, 3.8) is 0 Å². The van der Waals surface area contributed by atoms with Gasteiger partial charge in [-0.05, 0) is 60.6 Å². The SMILES string of the molecule is O=C(N[C@H]1CC[C@H](O)CC1)[C@@H]1N[C@@H](c2ccccc2)[C@@]2(C(=O)Nc3cc(Cl)ccc32)[C@H]1c1cccc(Cl)c1F. The van der Waals surface area contributed by atoms with Crippen LogP contribution in [0.4, 0.5) is 10.1 Å². The number of benzene rings is 3. The molecule has 2 fully saturated rings. The van der Waals surface area contributed by atoms with Gasteiger partial charge in [-0.1, -0.05) is 71.7 Å². The highest BCUT2D eigenvalue weighted by molar-refractivity contribution is 6.31. The standard InChI is InChI=1S/C30H28Cl2FN3O3/c31-17-9-14-21-23(15-17)35-29(39)30(21)24(20-7-4-8-22(32)25(20)33)26(36-27(30)16-5-2-1-3-6-16)28(38)34-18-10-12-19(37)13-11-18/h1-9,14-15,18-19,24,26-27,36-37H,10-13H2,(H,34,38)(H,35,39)/t18-,19-,24-,26+,27-,30-/m0/s1. The second-order valence-electron chi connectivity index (χ2n) is 10.6. The fraction of sp³-hybridized carbons (Fsp3) is 0.333. The number of hydrogen-bond acceptors (Lipinski definition) is 4. The third-order valence-electron chi connectivity index (χ3n) is 8.45. The zero-order valence-corrected chi connectivity index (χ0v) is 22.5. The molecule has 6 rings (SSSR count). The Balaban J connectivity index is 1.54. The number of rotatable bonds is 4. The van der Waals surface area contributed by atoms with Gasteiger partial charge < -0.3 is 15.7 Å². The highest BCUT2D eigenvalue weighted by Crippen LogP contribution is 2.60. The quantitative estimate of drug-likeness (QED) is 0.347. The fourth-order valence-electron chi connectivity index (χ4n) is 6.70. The van der Waals surface area contributed by atoms with Crippen LogP contribution in [0.3, 0.4) is 0 Å². The first kappa shape index (κ1) is 26.3. The average molecular weight is 568 g/mol. The lowest BCUT2D eigenvalue weighted by molar-refractivity contribution is -0.124. The zero-order chi connectivity index (χ0) is 27.3. The molecule has 9 heteroatoms. The lowest BCUT2D eigenvalue weighted by Gasteiger charge is -2.36. The summed E-state index contributed by atoms with van der Waals surface area (Å²) in [6.07, 6.45) is 2.12. The predicted octanol–water partition coefficient (Wildman–Crippen LogP) is 5.24. The molecule has 39 heavy (non-hydrogen) atoms. The number of amides is 2. The summed E-state index contributed by atoms with van der Waals surface area (Å²) in [7, 11) is 0. The Morgan fingerprint density at radius 3 is 2.49 bits per heavy atom. The molecule has 1 saturated carbocycles. The van der Waals surface area contributed by atoms with E-state index in [1.54, 1.807) is 30.3 Å². The summed E-state index contributed by atoms with van der Waals surface area (Å²) >= 11 is 12.5. The van der Waals surface area contributed by atoms with Crippen LogP contribution in [0.2, 0.25) is 10.0 Å². The smallest absolute Gasteiger partial charge is 0.238 e. The van der Waals surface area contributed by atoms with E-state index in [2.05, 4.69) is 16.0 Å². The molecule has 0 radical (unpaired) electrons. The largest absolute Gasteiger partial charge is 0.393 e. The van der Waals surface area contributed by atoms with Crippen LogP contribution in [0, 0.1) is 5.82 Å². The maximum Gasteiger partial charge on any atom is 0.238 e. The molecule has 0 bridgehead atoms. The van der Waals surface area contributed by atoms with Gasteiger partial charge in [0.2, 0.25) is 11.8 Å². The van der Waals surface area contributed by atoms with Crippen molar-refractivity contribution in [2.24, 2.45) is 0 Å². The van der Waals surface area contributed by atoms with Crippen molar-refractivity contribution in [3.8, 4) is 0 Å². The van der Waals surface area contributed by atoms with E-state index in [1.807, 2.05) is 30.3 Å². The molecule has 4 N–H and O–H groups in total. The van der Waals surface area contributed by atoms with Gasteiger partial charge in [-0.15, -0.1) is 0 Å². The van der Waals surface area contributed by atoms with Crippen LogP contribution in [-0.4, -0.2) is 35.1 Å². The topological polar surface area (TPSA) is 90.5 Å². The maximum absolute atomic E-state index is 15.9. The fourth-order valence-corrected chi connectivity index (χ4v) is 7.06. The second kappa shape index (κ2) is 10.2. The minimum Gasteiger partial charge on any atom is -0.393 e. The Morgan fingerprint density at radius 1 is 1.00 bits per heavy atom. The molecule has 0 unspecified atom stereocenters. The number of carbonyl (C=O) groups is 2. The number of aliphatic hydroxyl groups excluding tert-OH is 1. The van der Waals surface area contributed by atoms with E-state index < -0.39 is 29.2 Å². The molecule has 1 saturated heterocycles. The molecule has 1 spiro atoms. The van der Waals surface area contributed by atoms with Crippen molar-refractivity contribution in [1.82, 2.24) is 10.6 Å². The third kappa shape index (κ3) is 4.32. The molecule has 2 aliphatic heterocycles. The number of aliphatic hydroxyl groups is 1. The van der Waals surface area contributed by atoms with Crippen LogP contribution in [0.15, 0.2) is 66.7 Å². The van der Waals surface area contributed by atoms with Crippen LogP contribution in [0.25, 0.3) is 0 Å². The maximum atomic E-state index is 15.9. The minimum atomic E-state index is -1.38. The molecule has 3 aromatic rings. The van der Waals surface area contributed by atoms with Crippen LogP contribution in [0.1, 0.15) is 54.3 Å². The van der Waals surface area contributed by atoms with Crippen molar-refractivity contribution in [3.05, 3.63) is 99.3 Å². The highest BCUT2D eigenvalue weighted by Gasteiger charge is 2.66. The molecule has 2 heterocycles. The van der Waals surface area contributed by atoms with Crippen molar-refractivity contribution in [1.29, 1.82) is 0 Å². The zero-order valence-electron chi connectivity index (χ0n) is 21.0. The molecular weight excluding hydrogens is 540 g/mol. The molecule has 6 nitrogen and oxygen atoms in total. The Bertz CT molecular complexity index is 1430. The molecule has 2 amide bonds. The third-order valence-corrected chi connectivity index (χ3v) is 8.98. The molecular formula is C30H28Cl2FN3O3. The Kier molecular flexibility index (Phi) is 6.88. The molecule has 4 atom stereocenters. The monoisotopic (exact) mass is 567 g/mol. The van der Waals surface area contributed by atoms with Gasteiger partial charge >= 0.3 is 0 Å². The van der Waals surface area contributed by atoms with Crippen molar-refractivity contribution in [2.45, 2.75) is 61.2 Å². The summed E-state index contributed by atoms with van der Waals surface area (Å²) < 4.78 is 15.9. The first-order chi connectivity index (χ1) is 18.8. The van der Waals surface area contributed by atoms with E-state index in [-0.39, 0.29) is 34.5 Å². The Hall–Kier alpha value is -2.97. The van der Waals surface area contributed by atoms with Gasteiger partial charge in [0.25, 0.3) is 0 Å². The van der Waals surface area contributed by atoms with Gasteiger partial charge in [-0.2, -0.15) is 0 Å². The Morgan fingerprint density at radius 2 is 1.74 bits per heavy atom. The first-order valence-corrected chi connectivity index (χ1v) is 13.9. The van der Waals surface area contributed by atoms with Crippen LogP contribution in [-0.2, 0) is 15.0 Å². The normalized spacial score (nSPS) is 29.7. The number of nitrogens with one attached hydrogen (secondary N) is 3. The van der Waals surface area contributed by atoms with E-state index in [0.717, 1.165) is 5.56 Å². The van der Waals surface area contributed by atoms with Crippen LogP contribution >= 0.6 is 23.2 Å². The molecule has 3 aromatic carbocycles. The van der Waals surface area contributed by atoms with E-state index in [9.17, 15) is 14.7 Å². The summed E-state index contributed by atoms with van der Waals surface area (Å²) in [4.78, 5) is 28.2. The molecule has 0 aromatic heterocycles. The van der Waals surface area contributed by atoms with Gasteiger partial charge in [-0.25, -0.2) is 4.39 Å². The average Bonchev–Trinajstić information content (AvgIpc) is 3.42. The summed E-state index contributed by atoms with van der Waals surface area (Å²) in [5, 5.41) is 19.8. The van der Waals surface area contributed by atoms with Gasteiger partial charge in [-0.3, -0.25) is 14.9 Å². The van der Waals surface area contributed by atoms with E-state index in [4.69, 9.17) is 23.2 Å². The second-order valence-corrected chi connectivity index (χ2v) is 11.5. The summed E-state index contributed by atoms with van der Waals surface area (Å²) in [6, 6.07) is 17.5. The number of anilines is 1. The van der Waals surface area contributed by atoms with Gasteiger partial charge in [0.15, 0.2) is 0 Å². The number of carbonyl (C=O) groups excluding carboxylic acids is 2. The van der Waals surface area contributed by atoms with Gasteiger partial charge in [0.1, 0.15) is 11.2 Å². The van der Waals surface area contributed by atoms with Gasteiger partial charge in [0, 0.05) is 22.7 Å². The van der Waals surface area contributed by atoms with E-state index in [1.165, 1.54) is 6.07 Å². The van der Waals surface area contributed by atoms with E-state index >= 15 is 4.39 Å². The summed E-state index contributed by atoms with van der Waals surface area (Å²) in [5.74, 6) is -2.26. The predicted molar refractivity (Wildman–Crippen MR) is 148 cm³/mol. The number of hydrogen-bond donors (Lipinski definition) is 4. The molecule has 1 aliphatic carbocycles. The molecule has 3 aliphatic rings. The Labute approximate surface area is 235 Å². The first-order valence-electron chi connectivity index (χ1n) is 13.2. The lowest BCUT2D eigenvalue weighted by atomic mass is 9.63. The van der Waals surface area contributed by atoms with Crippen molar-refractivity contribution < 1.29 is 19.1 Å². The van der Waals surface area contributed by atoms with Crippen LogP contribution in [0.5, 0.6) is 0 Å². The van der Waals surface area contributed by atoms with E-state index in [0.29, 0.717) is 42.0 Å². The van der Waals surface area contributed by atoms with Crippen molar-refractivity contribution >= 4 is 40.7 Å².